The van der Waals surface area contributed by atoms with Crippen LogP contribution in [-0.4, -0.2) is 36.2 Å². The second-order valence-electron chi connectivity index (χ2n) is 5.98. The van der Waals surface area contributed by atoms with Crippen LogP contribution in [0.15, 0.2) is 24.3 Å². The van der Waals surface area contributed by atoms with E-state index in [1.807, 2.05) is 45.0 Å². The van der Waals surface area contributed by atoms with Crippen LogP contribution < -0.4 is 5.32 Å². The molecule has 1 aliphatic rings. The number of amides is 1. The number of nitrogens with zero attached hydrogens (tertiary/aromatic N) is 1. The maximum atomic E-state index is 12.1. The van der Waals surface area contributed by atoms with Crippen molar-refractivity contribution in [3.05, 3.63) is 34.9 Å². The van der Waals surface area contributed by atoms with Crippen LogP contribution in [0.5, 0.6) is 0 Å². The zero-order chi connectivity index (χ0) is 14.8. The van der Waals surface area contributed by atoms with Crippen molar-refractivity contribution >= 4 is 17.7 Å². The lowest BCUT2D eigenvalue weighted by molar-refractivity contribution is 0.0195. The highest BCUT2D eigenvalue weighted by atomic mass is 35.5. The van der Waals surface area contributed by atoms with E-state index in [0.717, 1.165) is 12.1 Å². The van der Waals surface area contributed by atoms with Crippen molar-refractivity contribution in [1.82, 2.24) is 10.2 Å². The molecule has 2 rings (SSSR count). The Balaban J connectivity index is 2.01. The third-order valence-corrected chi connectivity index (χ3v) is 3.35. The van der Waals surface area contributed by atoms with Gasteiger partial charge in [0.25, 0.3) is 0 Å². The molecule has 1 aromatic rings. The number of rotatable bonds is 1. The van der Waals surface area contributed by atoms with Crippen LogP contribution >= 0.6 is 11.6 Å². The summed E-state index contributed by atoms with van der Waals surface area (Å²) in [5.41, 5.74) is 0.667. The van der Waals surface area contributed by atoms with Gasteiger partial charge in [-0.25, -0.2) is 4.79 Å². The van der Waals surface area contributed by atoms with E-state index in [0.29, 0.717) is 18.1 Å². The fourth-order valence-corrected chi connectivity index (χ4v) is 2.29. The van der Waals surface area contributed by atoms with Crippen molar-refractivity contribution < 1.29 is 9.53 Å². The van der Waals surface area contributed by atoms with Crippen molar-refractivity contribution in [2.45, 2.75) is 32.4 Å². The van der Waals surface area contributed by atoms with E-state index in [9.17, 15) is 4.79 Å². The van der Waals surface area contributed by atoms with Gasteiger partial charge in [0.1, 0.15) is 5.60 Å². The quantitative estimate of drug-likeness (QED) is 0.865. The molecule has 1 amide bonds. The van der Waals surface area contributed by atoms with Crippen molar-refractivity contribution in [2.75, 3.05) is 19.6 Å². The second-order valence-corrected chi connectivity index (χ2v) is 6.42. The van der Waals surface area contributed by atoms with Crippen LogP contribution in [0, 0.1) is 0 Å². The van der Waals surface area contributed by atoms with E-state index in [4.69, 9.17) is 16.3 Å². The van der Waals surface area contributed by atoms with Gasteiger partial charge in [-0.1, -0.05) is 23.7 Å². The Bertz CT molecular complexity index is 468. The molecule has 5 heteroatoms. The van der Waals surface area contributed by atoms with Gasteiger partial charge in [0.15, 0.2) is 0 Å². The van der Waals surface area contributed by atoms with Crippen LogP contribution in [-0.2, 0) is 4.74 Å². The predicted octanol–water partition coefficient (Wildman–Crippen LogP) is 3.22. The molecule has 4 nitrogen and oxygen atoms in total. The van der Waals surface area contributed by atoms with Gasteiger partial charge in [0.05, 0.1) is 6.04 Å². The van der Waals surface area contributed by atoms with Gasteiger partial charge >= 0.3 is 6.09 Å². The summed E-state index contributed by atoms with van der Waals surface area (Å²) in [4.78, 5) is 13.9. The molecule has 0 aromatic heterocycles. The summed E-state index contributed by atoms with van der Waals surface area (Å²) in [6.45, 7) is 7.67. The zero-order valence-electron chi connectivity index (χ0n) is 12.1. The smallest absolute Gasteiger partial charge is 0.410 e. The summed E-state index contributed by atoms with van der Waals surface area (Å²) in [6.07, 6.45) is -0.252. The number of carbonyl (C=O) groups is 1. The molecule has 1 N–H and O–H groups in total. The van der Waals surface area contributed by atoms with Gasteiger partial charge in [0, 0.05) is 24.7 Å². The Morgan fingerprint density at radius 2 is 2.00 bits per heavy atom. The molecule has 0 unspecified atom stereocenters. The highest BCUT2D eigenvalue weighted by molar-refractivity contribution is 6.30. The number of halogens is 1. The molecule has 0 aliphatic carbocycles. The number of benzene rings is 1. The molecule has 1 atom stereocenters. The van der Waals surface area contributed by atoms with Gasteiger partial charge in [-0.15, -0.1) is 0 Å². The lowest BCUT2D eigenvalue weighted by Crippen LogP contribution is -2.49. The van der Waals surface area contributed by atoms with Gasteiger partial charge in [-0.3, -0.25) is 0 Å². The topological polar surface area (TPSA) is 41.6 Å². The number of hydrogen-bond acceptors (Lipinski definition) is 3. The molecule has 0 radical (unpaired) electrons. The summed E-state index contributed by atoms with van der Waals surface area (Å²) in [5, 5.41) is 4.13. The number of ether oxygens (including phenoxy) is 1. The minimum atomic E-state index is -0.461. The van der Waals surface area contributed by atoms with Crippen molar-refractivity contribution in [3.63, 3.8) is 0 Å². The van der Waals surface area contributed by atoms with E-state index < -0.39 is 5.60 Å². The van der Waals surface area contributed by atoms with Crippen molar-refractivity contribution in [1.29, 1.82) is 0 Å². The number of carbonyl (C=O) groups excluding carboxylic acids is 1. The predicted molar refractivity (Wildman–Crippen MR) is 80.0 cm³/mol. The lowest BCUT2D eigenvalue weighted by atomic mass is 10.0. The summed E-state index contributed by atoms with van der Waals surface area (Å²) in [5.74, 6) is 0. The molecule has 0 saturated carbocycles. The highest BCUT2D eigenvalue weighted by Gasteiger charge is 2.27. The monoisotopic (exact) mass is 296 g/mol. The minimum absolute atomic E-state index is 0.119. The first-order valence-electron chi connectivity index (χ1n) is 6.82. The summed E-state index contributed by atoms with van der Waals surface area (Å²) >= 11 is 5.90. The number of nitrogens with one attached hydrogen (secondary N) is 1. The fourth-order valence-electron chi connectivity index (χ4n) is 2.16. The molecule has 1 aromatic carbocycles. The maximum Gasteiger partial charge on any atom is 0.410 e. The highest BCUT2D eigenvalue weighted by Crippen LogP contribution is 2.21. The van der Waals surface area contributed by atoms with Crippen molar-refractivity contribution in [3.8, 4) is 0 Å². The Morgan fingerprint density at radius 1 is 1.35 bits per heavy atom. The largest absolute Gasteiger partial charge is 0.444 e. The van der Waals surface area contributed by atoms with E-state index in [1.165, 1.54) is 0 Å². The first kappa shape index (κ1) is 15.1. The molecule has 1 fully saturated rings. The Kier molecular flexibility index (Phi) is 4.55. The molecular weight excluding hydrogens is 276 g/mol. The van der Waals surface area contributed by atoms with Gasteiger partial charge in [-0.2, -0.15) is 0 Å². The summed E-state index contributed by atoms with van der Waals surface area (Å²) in [6, 6.07) is 7.82. The van der Waals surface area contributed by atoms with Gasteiger partial charge < -0.3 is 15.0 Å². The average molecular weight is 297 g/mol. The molecule has 20 heavy (non-hydrogen) atoms. The van der Waals surface area contributed by atoms with Crippen LogP contribution in [0.1, 0.15) is 32.4 Å². The van der Waals surface area contributed by atoms with Crippen LogP contribution in [0.2, 0.25) is 5.02 Å². The Morgan fingerprint density at radius 3 is 2.60 bits per heavy atom. The van der Waals surface area contributed by atoms with Gasteiger partial charge in [0.2, 0.25) is 0 Å². The third kappa shape index (κ3) is 4.12. The Labute approximate surface area is 125 Å². The van der Waals surface area contributed by atoms with E-state index in [-0.39, 0.29) is 12.1 Å². The summed E-state index contributed by atoms with van der Waals surface area (Å²) < 4.78 is 5.42. The van der Waals surface area contributed by atoms with Crippen LogP contribution in [0.4, 0.5) is 4.79 Å². The molecule has 1 heterocycles. The molecule has 0 bridgehead atoms. The second kappa shape index (κ2) is 6.02. The van der Waals surface area contributed by atoms with E-state index >= 15 is 0 Å². The average Bonchev–Trinajstić information content (AvgIpc) is 2.38. The molecule has 110 valence electrons. The number of hydrogen-bond donors (Lipinski definition) is 1. The van der Waals surface area contributed by atoms with Gasteiger partial charge in [-0.05, 0) is 38.5 Å². The number of piperazine rings is 1. The van der Waals surface area contributed by atoms with Crippen molar-refractivity contribution in [2.24, 2.45) is 0 Å². The molecule has 1 saturated heterocycles. The first-order valence-corrected chi connectivity index (χ1v) is 7.20. The Hall–Kier alpha value is -1.26. The minimum Gasteiger partial charge on any atom is -0.444 e. The SMILES string of the molecule is CC(C)(C)OC(=O)N1CCN[C@H](c2ccc(Cl)cc2)C1. The maximum absolute atomic E-state index is 12.1. The van der Waals surface area contributed by atoms with E-state index in [2.05, 4.69) is 5.32 Å². The molecule has 1 aliphatic heterocycles. The summed E-state index contributed by atoms with van der Waals surface area (Å²) in [7, 11) is 0. The van der Waals surface area contributed by atoms with E-state index in [1.54, 1.807) is 4.90 Å². The lowest BCUT2D eigenvalue weighted by Gasteiger charge is -2.35. The molecule has 0 spiro atoms. The normalized spacial score (nSPS) is 19.8. The first-order chi connectivity index (χ1) is 9.35. The standard InChI is InChI=1S/C15H21ClN2O2/c1-15(2,3)20-14(19)18-9-8-17-13(10-18)11-4-6-12(16)7-5-11/h4-7,13,17H,8-10H2,1-3H3/t13-/m0/s1. The fraction of sp³-hybridized carbons (Fsp3) is 0.533. The van der Waals surface area contributed by atoms with Crippen LogP contribution in [0.25, 0.3) is 0 Å². The zero-order valence-corrected chi connectivity index (χ0v) is 12.9. The third-order valence-electron chi connectivity index (χ3n) is 3.10. The van der Waals surface area contributed by atoms with Crippen LogP contribution in [0.3, 0.4) is 0 Å². The molecular formula is C15H21ClN2O2.